The molecule has 0 aliphatic carbocycles. The van der Waals surface area contributed by atoms with Gasteiger partial charge in [-0.1, -0.05) is 0 Å². The third kappa shape index (κ3) is 3.90. The number of likely N-dealkylation sites (N-methyl/N-ethyl adjacent to an activating group) is 1. The summed E-state index contributed by atoms with van der Waals surface area (Å²) in [5.41, 5.74) is 1.10. The molecule has 0 aliphatic heterocycles. The summed E-state index contributed by atoms with van der Waals surface area (Å²) in [6.07, 6.45) is 0. The minimum absolute atomic E-state index is 0.117. The van der Waals surface area contributed by atoms with E-state index in [4.69, 9.17) is 9.84 Å². The van der Waals surface area contributed by atoms with Crippen molar-refractivity contribution in [1.29, 1.82) is 0 Å². The SMILES string of the molecule is COc1ccc(C[N+](C)(C)CC(=O)O)cc1. The summed E-state index contributed by atoms with van der Waals surface area (Å²) in [7, 11) is 5.43. The van der Waals surface area contributed by atoms with Crippen molar-refractivity contribution in [2.75, 3.05) is 27.7 Å². The predicted octanol–water partition coefficient (Wildman–Crippen LogP) is 1.36. The molecule has 0 fully saturated rings. The summed E-state index contributed by atoms with van der Waals surface area (Å²) in [6.45, 7) is 0.808. The molecule has 1 aromatic carbocycles. The Kier molecular flexibility index (Phi) is 3.90. The quantitative estimate of drug-likeness (QED) is 0.768. The van der Waals surface area contributed by atoms with Gasteiger partial charge in [0.05, 0.1) is 21.2 Å². The van der Waals surface area contributed by atoms with Gasteiger partial charge in [-0.15, -0.1) is 0 Å². The molecule has 4 nitrogen and oxygen atoms in total. The Morgan fingerprint density at radius 3 is 2.31 bits per heavy atom. The van der Waals surface area contributed by atoms with E-state index in [2.05, 4.69) is 0 Å². The third-order valence-electron chi connectivity index (χ3n) is 2.33. The smallest absolute Gasteiger partial charge is 0.359 e. The van der Waals surface area contributed by atoms with Crippen LogP contribution in [0, 0.1) is 0 Å². The van der Waals surface area contributed by atoms with Crippen LogP contribution in [0.5, 0.6) is 5.75 Å². The molecule has 88 valence electrons. The van der Waals surface area contributed by atoms with Crippen LogP contribution in [-0.4, -0.2) is 43.3 Å². The fraction of sp³-hybridized carbons (Fsp3) is 0.417. The maximum atomic E-state index is 10.7. The lowest BCUT2D eigenvalue weighted by atomic mass is 10.2. The lowest BCUT2D eigenvalue weighted by Gasteiger charge is -2.27. The Labute approximate surface area is 95.7 Å². The maximum absolute atomic E-state index is 10.7. The Morgan fingerprint density at radius 2 is 1.88 bits per heavy atom. The molecule has 0 saturated heterocycles. The van der Waals surface area contributed by atoms with Crippen molar-refractivity contribution in [3.8, 4) is 5.75 Å². The van der Waals surface area contributed by atoms with Gasteiger partial charge < -0.3 is 14.3 Å². The summed E-state index contributed by atoms with van der Waals surface area (Å²) in [4.78, 5) is 10.7. The molecule has 4 heteroatoms. The highest BCUT2D eigenvalue weighted by Crippen LogP contribution is 2.14. The maximum Gasteiger partial charge on any atom is 0.359 e. The standard InChI is InChI=1S/C12H17NO3/c1-13(2,9-12(14)15)8-10-4-6-11(16-3)7-5-10/h4-7H,8-9H2,1-3H3/p+1. The van der Waals surface area contributed by atoms with Crippen molar-refractivity contribution in [2.45, 2.75) is 6.54 Å². The van der Waals surface area contributed by atoms with Gasteiger partial charge >= 0.3 is 5.97 Å². The molecule has 0 saturated carbocycles. The van der Waals surface area contributed by atoms with Gasteiger partial charge in [0.2, 0.25) is 0 Å². The highest BCUT2D eigenvalue weighted by molar-refractivity contribution is 5.67. The van der Waals surface area contributed by atoms with E-state index in [0.717, 1.165) is 11.3 Å². The summed E-state index contributed by atoms with van der Waals surface area (Å²) in [6, 6.07) is 7.69. The lowest BCUT2D eigenvalue weighted by molar-refractivity contribution is -0.896. The first-order chi connectivity index (χ1) is 7.43. The number of carbonyl (C=O) groups is 1. The normalized spacial score (nSPS) is 11.2. The first-order valence-electron chi connectivity index (χ1n) is 5.10. The molecule has 1 N–H and O–H groups in total. The van der Waals surface area contributed by atoms with E-state index >= 15 is 0 Å². The monoisotopic (exact) mass is 224 g/mol. The van der Waals surface area contributed by atoms with E-state index < -0.39 is 5.97 Å². The van der Waals surface area contributed by atoms with E-state index in [1.807, 2.05) is 38.4 Å². The van der Waals surface area contributed by atoms with Gasteiger partial charge in [-0.05, 0) is 24.3 Å². The number of carboxylic acid groups (broad SMARTS) is 1. The van der Waals surface area contributed by atoms with Gasteiger partial charge in [0.15, 0.2) is 6.54 Å². The molecule has 1 aromatic rings. The van der Waals surface area contributed by atoms with E-state index in [0.29, 0.717) is 11.0 Å². The zero-order valence-corrected chi connectivity index (χ0v) is 9.93. The van der Waals surface area contributed by atoms with Crippen LogP contribution in [0.3, 0.4) is 0 Å². The summed E-state index contributed by atoms with van der Waals surface area (Å²) in [5, 5.41) is 8.77. The van der Waals surface area contributed by atoms with E-state index in [1.54, 1.807) is 7.11 Å². The molecule has 16 heavy (non-hydrogen) atoms. The predicted molar refractivity (Wildman–Crippen MR) is 61.3 cm³/mol. The van der Waals surface area contributed by atoms with Gasteiger partial charge in [0.25, 0.3) is 0 Å². The Balaban J connectivity index is 2.68. The highest BCUT2D eigenvalue weighted by Gasteiger charge is 2.19. The molecular weight excluding hydrogens is 206 g/mol. The molecule has 0 aliphatic rings. The molecule has 0 aromatic heterocycles. The summed E-state index contributed by atoms with van der Waals surface area (Å²) >= 11 is 0. The third-order valence-corrected chi connectivity index (χ3v) is 2.33. The zero-order valence-electron chi connectivity index (χ0n) is 9.93. The van der Waals surface area contributed by atoms with Crippen molar-refractivity contribution in [3.05, 3.63) is 29.8 Å². The second-order valence-electron chi connectivity index (χ2n) is 4.49. The van der Waals surface area contributed by atoms with Crippen LogP contribution in [0.25, 0.3) is 0 Å². The number of ether oxygens (including phenoxy) is 1. The van der Waals surface area contributed by atoms with Gasteiger partial charge in [0, 0.05) is 5.56 Å². The number of benzene rings is 1. The van der Waals surface area contributed by atoms with Crippen LogP contribution in [0.1, 0.15) is 5.56 Å². The molecule has 0 radical (unpaired) electrons. The molecule has 0 atom stereocenters. The van der Waals surface area contributed by atoms with Gasteiger partial charge in [-0.2, -0.15) is 0 Å². The number of hydrogen-bond donors (Lipinski definition) is 1. The van der Waals surface area contributed by atoms with Crippen LogP contribution < -0.4 is 4.74 Å². The fourth-order valence-electron chi connectivity index (χ4n) is 1.65. The summed E-state index contributed by atoms with van der Waals surface area (Å²) in [5.74, 6) is 0.0332. The minimum atomic E-state index is -0.779. The van der Waals surface area contributed by atoms with Crippen LogP contribution in [-0.2, 0) is 11.3 Å². The van der Waals surface area contributed by atoms with Gasteiger partial charge in [-0.25, -0.2) is 4.79 Å². The fourth-order valence-corrected chi connectivity index (χ4v) is 1.65. The van der Waals surface area contributed by atoms with E-state index in [1.165, 1.54) is 0 Å². The van der Waals surface area contributed by atoms with Crippen molar-refractivity contribution >= 4 is 5.97 Å². The van der Waals surface area contributed by atoms with Gasteiger partial charge in [-0.3, -0.25) is 0 Å². The minimum Gasteiger partial charge on any atom is -0.497 e. The van der Waals surface area contributed by atoms with E-state index in [-0.39, 0.29) is 6.54 Å². The average Bonchev–Trinajstić information content (AvgIpc) is 2.16. The average molecular weight is 224 g/mol. The number of aliphatic carboxylic acids is 1. The topological polar surface area (TPSA) is 46.5 Å². The van der Waals surface area contributed by atoms with Crippen LogP contribution in [0.4, 0.5) is 0 Å². The first kappa shape index (κ1) is 12.5. The van der Waals surface area contributed by atoms with Crippen LogP contribution in [0.2, 0.25) is 0 Å². The molecule has 0 bridgehead atoms. The number of methoxy groups -OCH3 is 1. The summed E-state index contributed by atoms with van der Waals surface area (Å²) < 4.78 is 5.50. The van der Waals surface area contributed by atoms with E-state index in [9.17, 15) is 4.79 Å². The zero-order chi connectivity index (χ0) is 12.2. The Bertz CT molecular complexity index is 357. The molecule has 0 heterocycles. The molecular formula is C12H18NO3+. The molecule has 0 spiro atoms. The lowest BCUT2D eigenvalue weighted by Crippen LogP contribution is -2.42. The molecule has 1 rings (SSSR count). The Morgan fingerprint density at radius 1 is 1.31 bits per heavy atom. The van der Waals surface area contributed by atoms with Crippen molar-refractivity contribution in [2.24, 2.45) is 0 Å². The first-order valence-corrected chi connectivity index (χ1v) is 5.10. The van der Waals surface area contributed by atoms with Crippen molar-refractivity contribution in [1.82, 2.24) is 0 Å². The molecule has 0 unspecified atom stereocenters. The van der Waals surface area contributed by atoms with Gasteiger partial charge in [0.1, 0.15) is 12.3 Å². The number of nitrogens with zero attached hydrogens (tertiary/aromatic N) is 1. The van der Waals surface area contributed by atoms with Crippen LogP contribution in [0.15, 0.2) is 24.3 Å². The van der Waals surface area contributed by atoms with Crippen molar-refractivity contribution in [3.63, 3.8) is 0 Å². The second-order valence-corrected chi connectivity index (χ2v) is 4.49. The van der Waals surface area contributed by atoms with Crippen LogP contribution >= 0.6 is 0 Å². The Hall–Kier alpha value is -1.55. The highest BCUT2D eigenvalue weighted by atomic mass is 16.5. The van der Waals surface area contributed by atoms with Crippen molar-refractivity contribution < 1.29 is 19.1 Å². The second kappa shape index (κ2) is 4.99. The number of carboxylic acids is 1. The largest absolute Gasteiger partial charge is 0.497 e. The number of rotatable bonds is 5. The molecule has 0 amide bonds. The number of quaternary nitrogens is 1. The number of hydrogen-bond acceptors (Lipinski definition) is 2.